The van der Waals surface area contributed by atoms with Gasteiger partial charge < -0.3 is 14.6 Å². The summed E-state index contributed by atoms with van der Waals surface area (Å²) in [4.78, 5) is 32.3. The van der Waals surface area contributed by atoms with E-state index >= 15 is 0 Å². The highest BCUT2D eigenvalue weighted by atomic mass is 16.5. The summed E-state index contributed by atoms with van der Waals surface area (Å²) in [7, 11) is 1.59. The topological polar surface area (TPSA) is 84.0 Å². The van der Waals surface area contributed by atoms with Crippen molar-refractivity contribution in [1.82, 2.24) is 24.8 Å². The maximum absolute atomic E-state index is 13.0. The number of likely N-dealkylation sites (tertiary alicyclic amines) is 1. The van der Waals surface area contributed by atoms with Crippen LogP contribution in [0.4, 0.5) is 0 Å². The number of hydrogen-bond donors (Lipinski definition) is 1. The number of benzene rings is 2. The highest BCUT2D eigenvalue weighted by Gasteiger charge is 2.27. The molecule has 5 rings (SSSR count). The molecule has 7 heteroatoms. The minimum atomic E-state index is 0.137. The minimum absolute atomic E-state index is 0.137. The number of aryl methyl sites for hydroxylation is 1. The molecule has 4 aromatic rings. The zero-order chi connectivity index (χ0) is 21.2. The molecule has 1 fully saturated rings. The van der Waals surface area contributed by atoms with E-state index in [-0.39, 0.29) is 11.8 Å². The van der Waals surface area contributed by atoms with Crippen molar-refractivity contribution in [3.05, 3.63) is 60.0 Å². The Morgan fingerprint density at radius 3 is 2.58 bits per heavy atom. The van der Waals surface area contributed by atoms with Gasteiger partial charge in [-0.1, -0.05) is 24.3 Å². The van der Waals surface area contributed by atoms with Gasteiger partial charge in [0, 0.05) is 31.8 Å². The summed E-state index contributed by atoms with van der Waals surface area (Å²) in [5.41, 5.74) is 4.35. The zero-order valence-corrected chi connectivity index (χ0v) is 17.5. The fourth-order valence-electron chi connectivity index (χ4n) is 4.32. The average Bonchev–Trinajstić information content (AvgIpc) is 3.26. The van der Waals surface area contributed by atoms with Crippen molar-refractivity contribution in [1.29, 1.82) is 0 Å². The second-order valence-corrected chi connectivity index (χ2v) is 7.99. The van der Waals surface area contributed by atoms with Crippen molar-refractivity contribution >= 4 is 28.0 Å². The van der Waals surface area contributed by atoms with E-state index in [2.05, 4.69) is 15.0 Å². The van der Waals surface area contributed by atoms with Gasteiger partial charge in [0.05, 0.1) is 29.2 Å². The molecule has 0 radical (unpaired) electrons. The normalized spacial score (nSPS) is 16.7. The molecule has 7 nitrogen and oxygen atoms in total. The number of hydrogen-bond acceptors (Lipinski definition) is 5. The molecule has 158 valence electrons. The third-order valence-electron chi connectivity index (χ3n) is 5.94. The SMILES string of the molecule is COc1nc2ccccc2nc1CCC(=O)N1CCC[C@@H](c2nc3ccccc3[nH]2)C1. The standard InChI is InChI=1S/C24H25N5O2/c1-31-24-21(25-17-8-2-5-11-20(17)28-24)12-13-22(30)29-14-6-7-16(15-29)23-26-18-9-3-4-10-19(18)27-23/h2-5,8-11,16H,6-7,12-15H2,1H3,(H,26,27)/t16-/m1/s1. The molecular formula is C24H25N5O2. The number of carbonyl (C=O) groups excluding carboxylic acids is 1. The highest BCUT2D eigenvalue weighted by molar-refractivity contribution is 5.78. The van der Waals surface area contributed by atoms with Crippen LogP contribution in [0.25, 0.3) is 22.1 Å². The van der Waals surface area contributed by atoms with E-state index in [9.17, 15) is 4.79 Å². The summed E-state index contributed by atoms with van der Waals surface area (Å²) >= 11 is 0. The van der Waals surface area contributed by atoms with Gasteiger partial charge in [-0.25, -0.2) is 15.0 Å². The Hall–Kier alpha value is -3.48. The summed E-state index contributed by atoms with van der Waals surface area (Å²) in [5, 5.41) is 0. The zero-order valence-electron chi connectivity index (χ0n) is 17.5. The average molecular weight is 415 g/mol. The number of fused-ring (bicyclic) bond motifs is 2. The molecule has 2 aromatic carbocycles. The number of carbonyl (C=O) groups is 1. The van der Waals surface area contributed by atoms with Gasteiger partial charge in [-0.3, -0.25) is 4.79 Å². The number of imidazole rings is 1. The van der Waals surface area contributed by atoms with Crippen molar-refractivity contribution in [2.24, 2.45) is 0 Å². The van der Waals surface area contributed by atoms with Crippen molar-refractivity contribution in [2.45, 2.75) is 31.6 Å². The van der Waals surface area contributed by atoms with Gasteiger partial charge >= 0.3 is 0 Å². The quantitative estimate of drug-likeness (QED) is 0.535. The van der Waals surface area contributed by atoms with Crippen LogP contribution >= 0.6 is 0 Å². The largest absolute Gasteiger partial charge is 0.480 e. The van der Waals surface area contributed by atoms with Crippen LogP contribution in [-0.2, 0) is 11.2 Å². The molecule has 0 aliphatic carbocycles. The lowest BCUT2D eigenvalue weighted by atomic mass is 9.97. The fourth-order valence-corrected chi connectivity index (χ4v) is 4.32. The monoisotopic (exact) mass is 415 g/mol. The van der Waals surface area contributed by atoms with Gasteiger partial charge in [0.25, 0.3) is 0 Å². The van der Waals surface area contributed by atoms with Crippen LogP contribution < -0.4 is 4.74 Å². The molecular weight excluding hydrogens is 390 g/mol. The van der Waals surface area contributed by atoms with Crippen molar-refractivity contribution in [2.75, 3.05) is 20.2 Å². The Bertz CT molecular complexity index is 1200. The van der Waals surface area contributed by atoms with Crippen LogP contribution in [0.1, 0.15) is 36.7 Å². The Labute approximate surface area is 180 Å². The third kappa shape index (κ3) is 3.95. The first kappa shape index (κ1) is 19.5. The molecule has 1 amide bonds. The number of ether oxygens (including phenoxy) is 1. The van der Waals surface area contributed by atoms with Gasteiger partial charge in [-0.05, 0) is 37.1 Å². The molecule has 0 saturated carbocycles. The van der Waals surface area contributed by atoms with Crippen LogP contribution in [0.3, 0.4) is 0 Å². The molecule has 2 aromatic heterocycles. The molecule has 1 aliphatic rings. The fraction of sp³-hybridized carbons (Fsp3) is 0.333. The van der Waals surface area contributed by atoms with Crippen LogP contribution in [0.15, 0.2) is 48.5 Å². The Morgan fingerprint density at radius 1 is 1.06 bits per heavy atom. The number of nitrogens with zero attached hydrogens (tertiary/aromatic N) is 4. The highest BCUT2D eigenvalue weighted by Crippen LogP contribution is 2.27. The number of para-hydroxylation sites is 4. The van der Waals surface area contributed by atoms with E-state index in [4.69, 9.17) is 9.72 Å². The smallest absolute Gasteiger partial charge is 0.235 e. The lowest BCUT2D eigenvalue weighted by Crippen LogP contribution is -2.39. The summed E-state index contributed by atoms with van der Waals surface area (Å²) in [5.74, 6) is 1.84. The van der Waals surface area contributed by atoms with E-state index < -0.39 is 0 Å². The first-order valence-electron chi connectivity index (χ1n) is 10.7. The van der Waals surface area contributed by atoms with E-state index in [1.54, 1.807) is 7.11 Å². The second kappa shape index (κ2) is 8.34. The number of rotatable bonds is 5. The van der Waals surface area contributed by atoms with Crippen LogP contribution in [0.2, 0.25) is 0 Å². The number of amides is 1. The summed E-state index contributed by atoms with van der Waals surface area (Å²) in [6.07, 6.45) is 2.90. The van der Waals surface area contributed by atoms with Crippen molar-refractivity contribution in [3.63, 3.8) is 0 Å². The maximum Gasteiger partial charge on any atom is 0.235 e. The third-order valence-corrected chi connectivity index (χ3v) is 5.94. The van der Waals surface area contributed by atoms with Gasteiger partial charge in [-0.15, -0.1) is 0 Å². The molecule has 1 aliphatic heterocycles. The van der Waals surface area contributed by atoms with Crippen LogP contribution in [-0.4, -0.2) is 50.9 Å². The number of methoxy groups -OCH3 is 1. The Kier molecular flexibility index (Phi) is 5.24. The molecule has 0 bridgehead atoms. The van der Waals surface area contributed by atoms with Gasteiger partial charge in [0.15, 0.2) is 0 Å². The first-order valence-corrected chi connectivity index (χ1v) is 10.7. The molecule has 31 heavy (non-hydrogen) atoms. The van der Waals surface area contributed by atoms with Crippen molar-refractivity contribution in [3.8, 4) is 5.88 Å². The summed E-state index contributed by atoms with van der Waals surface area (Å²) in [6, 6.07) is 15.7. The van der Waals surface area contributed by atoms with E-state index in [1.165, 1.54) is 0 Å². The van der Waals surface area contributed by atoms with Crippen LogP contribution in [0, 0.1) is 0 Å². The maximum atomic E-state index is 13.0. The van der Waals surface area contributed by atoms with Gasteiger partial charge in [-0.2, -0.15) is 0 Å². The van der Waals surface area contributed by atoms with Gasteiger partial charge in [0.2, 0.25) is 11.8 Å². The number of piperidine rings is 1. The summed E-state index contributed by atoms with van der Waals surface area (Å²) < 4.78 is 5.42. The lowest BCUT2D eigenvalue weighted by molar-refractivity contribution is -0.132. The number of aromatic nitrogens is 4. The number of H-pyrrole nitrogens is 1. The van der Waals surface area contributed by atoms with E-state index in [1.807, 2.05) is 53.4 Å². The molecule has 1 N–H and O–H groups in total. The second-order valence-electron chi connectivity index (χ2n) is 7.99. The number of aromatic amines is 1. The van der Waals surface area contributed by atoms with Gasteiger partial charge in [0.1, 0.15) is 11.5 Å². The van der Waals surface area contributed by atoms with E-state index in [0.717, 1.165) is 53.0 Å². The molecule has 1 atom stereocenters. The molecule has 0 spiro atoms. The molecule has 0 unspecified atom stereocenters. The van der Waals surface area contributed by atoms with E-state index in [0.29, 0.717) is 25.3 Å². The first-order chi connectivity index (χ1) is 15.2. The predicted octanol–water partition coefficient (Wildman–Crippen LogP) is 3.85. The molecule has 3 heterocycles. The Morgan fingerprint density at radius 2 is 1.81 bits per heavy atom. The lowest BCUT2D eigenvalue weighted by Gasteiger charge is -2.32. The Balaban J connectivity index is 1.27. The summed E-state index contributed by atoms with van der Waals surface area (Å²) in [6.45, 7) is 1.48. The predicted molar refractivity (Wildman–Crippen MR) is 119 cm³/mol. The number of nitrogens with one attached hydrogen (secondary N) is 1. The minimum Gasteiger partial charge on any atom is -0.480 e. The van der Waals surface area contributed by atoms with Crippen molar-refractivity contribution < 1.29 is 9.53 Å². The van der Waals surface area contributed by atoms with Crippen LogP contribution in [0.5, 0.6) is 5.88 Å². The molecule has 1 saturated heterocycles.